The molecule has 118 valence electrons. The molecule has 0 bridgehead atoms. The van der Waals surface area contributed by atoms with E-state index in [4.69, 9.17) is 10.5 Å². The molecule has 7 heteroatoms. The lowest BCUT2D eigenvalue weighted by Crippen LogP contribution is -2.34. The number of benzene rings is 1. The highest BCUT2D eigenvalue weighted by molar-refractivity contribution is 5.92. The Balaban J connectivity index is 0.00000400. The van der Waals surface area contributed by atoms with Gasteiger partial charge in [0.15, 0.2) is 6.61 Å². The van der Waals surface area contributed by atoms with Crippen LogP contribution in [0, 0.1) is 0 Å². The second-order valence-corrected chi connectivity index (χ2v) is 4.13. The third-order valence-electron chi connectivity index (χ3n) is 2.78. The molecule has 0 heterocycles. The number of hydrogen-bond acceptors (Lipinski definition) is 4. The normalized spacial score (nSPS) is 9.48. The van der Waals surface area contributed by atoms with Crippen LogP contribution in [0.3, 0.4) is 0 Å². The van der Waals surface area contributed by atoms with Gasteiger partial charge in [0.2, 0.25) is 5.91 Å². The minimum atomic E-state index is -0.277. The third kappa shape index (κ3) is 6.46. The molecule has 0 aliphatic carbocycles. The molecule has 0 aliphatic rings. The zero-order valence-corrected chi connectivity index (χ0v) is 13.1. The molecule has 0 spiro atoms. The molecule has 0 aliphatic heterocycles. The van der Waals surface area contributed by atoms with E-state index in [0.717, 1.165) is 0 Å². The molecular weight excluding hydrogens is 294 g/mol. The number of ether oxygens (including phenoxy) is 1. The fraction of sp³-hybridized carbons (Fsp3) is 0.429. The molecule has 0 saturated carbocycles. The summed E-state index contributed by atoms with van der Waals surface area (Å²) in [5.74, 6) is 0.188. The van der Waals surface area contributed by atoms with Gasteiger partial charge in [0, 0.05) is 24.8 Å². The van der Waals surface area contributed by atoms with Gasteiger partial charge < -0.3 is 20.7 Å². The smallest absolute Gasteiger partial charge is 0.260 e. The number of amides is 2. The molecular formula is C14H22ClN3O3. The molecule has 0 fully saturated rings. The molecule has 1 rings (SSSR count). The van der Waals surface area contributed by atoms with E-state index in [-0.39, 0.29) is 37.4 Å². The number of anilines is 1. The molecule has 21 heavy (non-hydrogen) atoms. The van der Waals surface area contributed by atoms with Crippen LogP contribution in [0.15, 0.2) is 24.3 Å². The monoisotopic (exact) mass is 315 g/mol. The van der Waals surface area contributed by atoms with E-state index in [1.54, 1.807) is 29.2 Å². The average Bonchev–Trinajstić information content (AvgIpc) is 2.46. The quantitative estimate of drug-likeness (QED) is 0.793. The number of nitrogens with one attached hydrogen (secondary N) is 1. The topological polar surface area (TPSA) is 84.7 Å². The molecule has 1 aromatic carbocycles. The van der Waals surface area contributed by atoms with Gasteiger partial charge in [0.1, 0.15) is 5.75 Å². The van der Waals surface area contributed by atoms with Crippen LogP contribution in [0.2, 0.25) is 0 Å². The van der Waals surface area contributed by atoms with Crippen molar-refractivity contribution < 1.29 is 14.3 Å². The van der Waals surface area contributed by atoms with Gasteiger partial charge in [0.25, 0.3) is 5.91 Å². The van der Waals surface area contributed by atoms with Crippen molar-refractivity contribution in [2.24, 2.45) is 5.73 Å². The van der Waals surface area contributed by atoms with Crippen molar-refractivity contribution in [3.8, 4) is 5.75 Å². The van der Waals surface area contributed by atoms with Crippen molar-refractivity contribution in [1.82, 2.24) is 4.90 Å². The second kappa shape index (κ2) is 10.0. The number of halogens is 1. The van der Waals surface area contributed by atoms with Crippen LogP contribution in [0.5, 0.6) is 5.75 Å². The predicted molar refractivity (Wildman–Crippen MR) is 84.8 cm³/mol. The van der Waals surface area contributed by atoms with Crippen molar-refractivity contribution in [3.63, 3.8) is 0 Å². The van der Waals surface area contributed by atoms with Crippen molar-refractivity contribution >= 4 is 29.9 Å². The van der Waals surface area contributed by atoms with Gasteiger partial charge in [-0.25, -0.2) is 0 Å². The van der Waals surface area contributed by atoms with E-state index in [9.17, 15) is 9.59 Å². The van der Waals surface area contributed by atoms with Crippen LogP contribution in [-0.4, -0.2) is 43.0 Å². The Bertz CT molecular complexity index is 465. The number of carbonyl (C=O) groups is 2. The van der Waals surface area contributed by atoms with Gasteiger partial charge in [-0.1, -0.05) is 6.07 Å². The summed E-state index contributed by atoms with van der Waals surface area (Å²) in [7, 11) is 0. The SMILES string of the molecule is CCN(CC)C(=O)COc1cccc(NC(=O)CN)c1.Cl. The molecule has 0 atom stereocenters. The summed E-state index contributed by atoms with van der Waals surface area (Å²) in [5, 5.41) is 2.63. The highest BCUT2D eigenvalue weighted by Gasteiger charge is 2.10. The van der Waals surface area contributed by atoms with E-state index in [1.165, 1.54) is 0 Å². The first kappa shape index (κ1) is 19.2. The minimum Gasteiger partial charge on any atom is -0.484 e. The Kier molecular flexibility index (Phi) is 9.16. The highest BCUT2D eigenvalue weighted by Crippen LogP contribution is 2.17. The minimum absolute atomic E-state index is 0. The van der Waals surface area contributed by atoms with Crippen LogP contribution >= 0.6 is 12.4 Å². The Labute approximate surface area is 131 Å². The first-order valence-corrected chi connectivity index (χ1v) is 6.61. The molecule has 0 aromatic heterocycles. The zero-order chi connectivity index (χ0) is 15.0. The average molecular weight is 316 g/mol. The number of carbonyl (C=O) groups excluding carboxylic acids is 2. The second-order valence-electron chi connectivity index (χ2n) is 4.13. The predicted octanol–water partition coefficient (Wildman–Crippen LogP) is 1.25. The van der Waals surface area contributed by atoms with E-state index >= 15 is 0 Å². The standard InChI is InChI=1S/C14H21N3O3.ClH/c1-3-17(4-2)14(19)10-20-12-7-5-6-11(8-12)16-13(18)9-15;/h5-8H,3-4,9-10,15H2,1-2H3,(H,16,18);1H. The molecule has 3 N–H and O–H groups in total. The maximum absolute atomic E-state index is 11.8. The maximum atomic E-state index is 11.8. The van der Waals surface area contributed by atoms with Crippen molar-refractivity contribution in [2.45, 2.75) is 13.8 Å². The lowest BCUT2D eigenvalue weighted by Gasteiger charge is -2.18. The molecule has 2 amide bonds. The number of rotatable bonds is 7. The fourth-order valence-corrected chi connectivity index (χ4v) is 1.69. The summed E-state index contributed by atoms with van der Waals surface area (Å²) in [6, 6.07) is 6.85. The molecule has 0 saturated heterocycles. The summed E-state index contributed by atoms with van der Waals surface area (Å²) in [5.41, 5.74) is 5.82. The molecule has 1 aromatic rings. The van der Waals surface area contributed by atoms with Crippen molar-refractivity contribution in [1.29, 1.82) is 0 Å². The van der Waals surface area contributed by atoms with Crippen LogP contribution in [0.4, 0.5) is 5.69 Å². The van der Waals surface area contributed by atoms with Gasteiger partial charge in [-0.15, -0.1) is 12.4 Å². The van der Waals surface area contributed by atoms with Gasteiger partial charge in [-0.3, -0.25) is 9.59 Å². The van der Waals surface area contributed by atoms with E-state index in [0.29, 0.717) is 24.5 Å². The van der Waals surface area contributed by atoms with Crippen LogP contribution in [0.1, 0.15) is 13.8 Å². The summed E-state index contributed by atoms with van der Waals surface area (Å²) < 4.78 is 5.43. The third-order valence-corrected chi connectivity index (χ3v) is 2.78. The Morgan fingerprint density at radius 2 is 1.95 bits per heavy atom. The maximum Gasteiger partial charge on any atom is 0.260 e. The lowest BCUT2D eigenvalue weighted by atomic mass is 10.3. The Morgan fingerprint density at radius 1 is 1.29 bits per heavy atom. The highest BCUT2D eigenvalue weighted by atomic mass is 35.5. The Hall–Kier alpha value is -1.79. The van der Waals surface area contributed by atoms with Gasteiger partial charge in [-0.2, -0.15) is 0 Å². The lowest BCUT2D eigenvalue weighted by molar-refractivity contribution is -0.133. The molecule has 0 unspecified atom stereocenters. The van der Waals surface area contributed by atoms with Gasteiger partial charge in [-0.05, 0) is 26.0 Å². The summed E-state index contributed by atoms with van der Waals surface area (Å²) in [6.07, 6.45) is 0. The summed E-state index contributed by atoms with van der Waals surface area (Å²) in [4.78, 5) is 24.7. The van der Waals surface area contributed by atoms with Crippen LogP contribution in [-0.2, 0) is 9.59 Å². The number of hydrogen-bond donors (Lipinski definition) is 2. The number of nitrogens with two attached hydrogens (primary N) is 1. The fourth-order valence-electron chi connectivity index (χ4n) is 1.69. The van der Waals surface area contributed by atoms with Crippen molar-refractivity contribution in [3.05, 3.63) is 24.3 Å². The van der Waals surface area contributed by atoms with Crippen molar-refractivity contribution in [2.75, 3.05) is 31.6 Å². The first-order chi connectivity index (χ1) is 9.60. The first-order valence-electron chi connectivity index (χ1n) is 6.61. The van der Waals surface area contributed by atoms with Gasteiger partial charge in [0.05, 0.1) is 6.54 Å². The number of likely N-dealkylation sites (N-methyl/N-ethyl adjacent to an activating group) is 1. The largest absolute Gasteiger partial charge is 0.484 e. The van der Waals surface area contributed by atoms with Gasteiger partial charge >= 0.3 is 0 Å². The molecule has 0 radical (unpaired) electrons. The number of nitrogens with zero attached hydrogens (tertiary/aromatic N) is 1. The van der Waals surface area contributed by atoms with Crippen LogP contribution < -0.4 is 15.8 Å². The van der Waals surface area contributed by atoms with E-state index < -0.39 is 0 Å². The van der Waals surface area contributed by atoms with Crippen LogP contribution in [0.25, 0.3) is 0 Å². The van der Waals surface area contributed by atoms with E-state index in [1.807, 2.05) is 13.8 Å². The summed E-state index contributed by atoms with van der Waals surface area (Å²) in [6.45, 7) is 5.06. The summed E-state index contributed by atoms with van der Waals surface area (Å²) >= 11 is 0. The molecule has 6 nitrogen and oxygen atoms in total. The van der Waals surface area contributed by atoms with E-state index in [2.05, 4.69) is 5.32 Å². The Morgan fingerprint density at radius 3 is 2.52 bits per heavy atom. The zero-order valence-electron chi connectivity index (χ0n) is 12.3.